The van der Waals surface area contributed by atoms with Gasteiger partial charge in [-0.2, -0.15) is 0 Å². The van der Waals surface area contributed by atoms with Crippen molar-refractivity contribution in [2.24, 2.45) is 0 Å². The summed E-state index contributed by atoms with van der Waals surface area (Å²) in [6.45, 7) is 2.27. The minimum Gasteiger partial charge on any atom is -0.481 e. The molecule has 5 heteroatoms. The SMILES string of the molecule is COc1cccc(C(=O)NCc2ccoc2C)n1. The first kappa shape index (κ1) is 12.2. The molecule has 2 aromatic rings. The molecular formula is C13H14N2O3. The summed E-state index contributed by atoms with van der Waals surface area (Å²) >= 11 is 0. The third kappa shape index (κ3) is 2.68. The minimum atomic E-state index is -0.241. The highest BCUT2D eigenvalue weighted by atomic mass is 16.5. The maximum atomic E-state index is 11.9. The van der Waals surface area contributed by atoms with Crippen molar-refractivity contribution >= 4 is 5.91 Å². The molecule has 0 aromatic carbocycles. The largest absolute Gasteiger partial charge is 0.481 e. The molecule has 0 spiro atoms. The van der Waals surface area contributed by atoms with Gasteiger partial charge in [0.25, 0.3) is 5.91 Å². The first-order chi connectivity index (χ1) is 8.70. The lowest BCUT2D eigenvalue weighted by Gasteiger charge is -2.05. The Labute approximate surface area is 105 Å². The van der Waals surface area contributed by atoms with Crippen molar-refractivity contribution in [3.63, 3.8) is 0 Å². The van der Waals surface area contributed by atoms with Crippen LogP contribution in [0.5, 0.6) is 5.88 Å². The summed E-state index contributed by atoms with van der Waals surface area (Å²) in [6.07, 6.45) is 1.60. The van der Waals surface area contributed by atoms with E-state index in [4.69, 9.17) is 9.15 Å². The third-order valence-electron chi connectivity index (χ3n) is 2.57. The highest BCUT2D eigenvalue weighted by Gasteiger charge is 2.09. The Hall–Kier alpha value is -2.30. The van der Waals surface area contributed by atoms with Crippen molar-refractivity contribution in [3.05, 3.63) is 47.5 Å². The Balaban J connectivity index is 2.01. The molecule has 0 unspecified atom stereocenters. The van der Waals surface area contributed by atoms with Gasteiger partial charge in [0, 0.05) is 18.2 Å². The number of aromatic nitrogens is 1. The van der Waals surface area contributed by atoms with E-state index in [2.05, 4.69) is 10.3 Å². The number of hydrogen-bond acceptors (Lipinski definition) is 4. The number of pyridine rings is 1. The van der Waals surface area contributed by atoms with Gasteiger partial charge in [-0.25, -0.2) is 4.98 Å². The number of furan rings is 1. The second kappa shape index (κ2) is 5.35. The van der Waals surface area contributed by atoms with E-state index >= 15 is 0 Å². The molecule has 0 aliphatic heterocycles. The van der Waals surface area contributed by atoms with Crippen molar-refractivity contribution < 1.29 is 13.9 Å². The van der Waals surface area contributed by atoms with Crippen LogP contribution < -0.4 is 10.1 Å². The van der Waals surface area contributed by atoms with E-state index in [1.807, 2.05) is 13.0 Å². The molecule has 0 atom stereocenters. The number of carbonyl (C=O) groups is 1. The molecule has 0 saturated carbocycles. The van der Waals surface area contributed by atoms with E-state index in [-0.39, 0.29) is 5.91 Å². The number of amides is 1. The van der Waals surface area contributed by atoms with Crippen molar-refractivity contribution in [2.45, 2.75) is 13.5 Å². The number of hydrogen-bond donors (Lipinski definition) is 1. The van der Waals surface area contributed by atoms with Gasteiger partial charge in [-0.3, -0.25) is 4.79 Å². The van der Waals surface area contributed by atoms with Gasteiger partial charge in [-0.15, -0.1) is 0 Å². The number of nitrogens with zero attached hydrogens (tertiary/aromatic N) is 1. The summed E-state index contributed by atoms with van der Waals surface area (Å²) in [7, 11) is 1.51. The number of methoxy groups -OCH3 is 1. The summed E-state index contributed by atoms with van der Waals surface area (Å²) < 4.78 is 10.1. The summed E-state index contributed by atoms with van der Waals surface area (Å²) in [4.78, 5) is 15.9. The molecule has 0 aliphatic rings. The van der Waals surface area contributed by atoms with Crippen molar-refractivity contribution in [1.82, 2.24) is 10.3 Å². The fourth-order valence-electron chi connectivity index (χ4n) is 1.52. The second-order valence-electron chi connectivity index (χ2n) is 3.75. The molecule has 2 heterocycles. The van der Waals surface area contributed by atoms with E-state index in [0.29, 0.717) is 18.1 Å². The number of nitrogens with one attached hydrogen (secondary N) is 1. The number of carbonyl (C=O) groups excluding carboxylic acids is 1. The van der Waals surface area contributed by atoms with Gasteiger partial charge in [0.05, 0.1) is 13.4 Å². The Kier molecular flexibility index (Phi) is 3.62. The molecule has 2 aromatic heterocycles. The van der Waals surface area contributed by atoms with Crippen LogP contribution in [0.15, 0.2) is 34.9 Å². The first-order valence-electron chi connectivity index (χ1n) is 5.53. The summed E-state index contributed by atoms with van der Waals surface area (Å²) in [6, 6.07) is 6.88. The van der Waals surface area contributed by atoms with Crippen molar-refractivity contribution in [3.8, 4) is 5.88 Å². The molecule has 0 radical (unpaired) electrons. The normalized spacial score (nSPS) is 10.1. The smallest absolute Gasteiger partial charge is 0.270 e. The van der Waals surface area contributed by atoms with Crippen LogP contribution >= 0.6 is 0 Å². The Morgan fingerprint density at radius 2 is 2.28 bits per heavy atom. The van der Waals surface area contributed by atoms with Crippen LogP contribution in [0.2, 0.25) is 0 Å². The van der Waals surface area contributed by atoms with Crippen LogP contribution in [-0.2, 0) is 6.54 Å². The number of rotatable bonds is 4. The highest BCUT2D eigenvalue weighted by Crippen LogP contribution is 2.09. The molecule has 2 rings (SSSR count). The Morgan fingerprint density at radius 3 is 2.94 bits per heavy atom. The van der Waals surface area contributed by atoms with E-state index in [0.717, 1.165) is 11.3 Å². The first-order valence-corrected chi connectivity index (χ1v) is 5.53. The molecule has 5 nitrogen and oxygen atoms in total. The van der Waals surface area contributed by atoms with Gasteiger partial charge in [-0.05, 0) is 19.1 Å². The van der Waals surface area contributed by atoms with Gasteiger partial charge >= 0.3 is 0 Å². The molecule has 0 aliphatic carbocycles. The van der Waals surface area contributed by atoms with Gasteiger partial charge in [0.15, 0.2) is 0 Å². The monoisotopic (exact) mass is 246 g/mol. The fourth-order valence-corrected chi connectivity index (χ4v) is 1.52. The lowest BCUT2D eigenvalue weighted by Crippen LogP contribution is -2.23. The van der Waals surface area contributed by atoms with Crippen LogP contribution in [0.3, 0.4) is 0 Å². The van der Waals surface area contributed by atoms with E-state index in [1.54, 1.807) is 24.5 Å². The Bertz CT molecular complexity index is 549. The molecule has 0 saturated heterocycles. The average molecular weight is 246 g/mol. The van der Waals surface area contributed by atoms with Crippen LogP contribution in [0.1, 0.15) is 21.8 Å². The van der Waals surface area contributed by atoms with Crippen molar-refractivity contribution in [2.75, 3.05) is 7.11 Å². The van der Waals surface area contributed by atoms with Gasteiger partial charge < -0.3 is 14.5 Å². The minimum absolute atomic E-state index is 0.241. The lowest BCUT2D eigenvalue weighted by atomic mass is 10.2. The average Bonchev–Trinajstić information content (AvgIpc) is 2.81. The molecule has 1 amide bonds. The molecule has 94 valence electrons. The van der Waals surface area contributed by atoms with Gasteiger partial charge in [0.1, 0.15) is 11.5 Å². The van der Waals surface area contributed by atoms with Crippen molar-refractivity contribution in [1.29, 1.82) is 0 Å². The zero-order valence-corrected chi connectivity index (χ0v) is 10.3. The maximum absolute atomic E-state index is 11.9. The molecule has 0 bridgehead atoms. The van der Waals surface area contributed by atoms with Crippen LogP contribution in [0.4, 0.5) is 0 Å². The zero-order chi connectivity index (χ0) is 13.0. The standard InChI is InChI=1S/C13H14N2O3/c1-9-10(6-7-18-9)8-14-13(16)11-4-3-5-12(15-11)17-2/h3-7H,8H2,1-2H3,(H,14,16). The molecular weight excluding hydrogens is 232 g/mol. The molecule has 0 fully saturated rings. The lowest BCUT2D eigenvalue weighted by molar-refractivity contribution is 0.0945. The van der Waals surface area contributed by atoms with Crippen LogP contribution in [-0.4, -0.2) is 18.0 Å². The Morgan fingerprint density at radius 1 is 1.44 bits per heavy atom. The second-order valence-corrected chi connectivity index (χ2v) is 3.75. The van der Waals surface area contributed by atoms with Crippen LogP contribution in [0, 0.1) is 6.92 Å². The summed E-state index contributed by atoms with van der Waals surface area (Å²) in [5, 5.41) is 2.78. The zero-order valence-electron chi connectivity index (χ0n) is 10.3. The van der Waals surface area contributed by atoms with E-state index < -0.39 is 0 Å². The van der Waals surface area contributed by atoms with E-state index in [9.17, 15) is 4.79 Å². The fraction of sp³-hybridized carbons (Fsp3) is 0.231. The predicted molar refractivity (Wildman–Crippen MR) is 65.4 cm³/mol. The highest BCUT2D eigenvalue weighted by molar-refractivity contribution is 5.92. The molecule has 18 heavy (non-hydrogen) atoms. The number of aryl methyl sites for hydroxylation is 1. The number of ether oxygens (including phenoxy) is 1. The van der Waals surface area contributed by atoms with Gasteiger partial charge in [0.2, 0.25) is 5.88 Å². The molecule has 1 N–H and O–H groups in total. The van der Waals surface area contributed by atoms with Gasteiger partial charge in [-0.1, -0.05) is 6.07 Å². The van der Waals surface area contributed by atoms with E-state index in [1.165, 1.54) is 7.11 Å². The maximum Gasteiger partial charge on any atom is 0.270 e. The van der Waals surface area contributed by atoms with Crippen LogP contribution in [0.25, 0.3) is 0 Å². The summed E-state index contributed by atoms with van der Waals surface area (Å²) in [5.74, 6) is 0.977. The topological polar surface area (TPSA) is 64.4 Å². The summed E-state index contributed by atoms with van der Waals surface area (Å²) in [5.41, 5.74) is 1.28. The predicted octanol–water partition coefficient (Wildman–Crippen LogP) is 1.92. The third-order valence-corrected chi connectivity index (χ3v) is 2.57. The quantitative estimate of drug-likeness (QED) is 0.895.